The van der Waals surface area contributed by atoms with Crippen LogP contribution in [0.15, 0.2) is 41.7 Å². The molecule has 0 saturated heterocycles. The number of aliphatic imine (C=N–C) groups is 1. The van der Waals surface area contributed by atoms with Gasteiger partial charge < -0.3 is 15.4 Å². The molecule has 0 radical (unpaired) electrons. The van der Waals surface area contributed by atoms with E-state index in [-0.39, 0.29) is 6.10 Å². The summed E-state index contributed by atoms with van der Waals surface area (Å²) in [6.07, 6.45) is 6.00. The third-order valence-corrected chi connectivity index (χ3v) is 4.13. The standard InChI is InChI=1S/C19H27N5O/c1-3-20-19(21-9-6-10-24-14-15(2)12-23-24)22-13-17-11-16-7-4-5-8-18(16)25-17/h4-5,7-8,12,14,17H,3,6,9-11,13H2,1-2H3,(H2,20,21,22). The Labute approximate surface area is 149 Å². The Morgan fingerprint density at radius 2 is 2.24 bits per heavy atom. The summed E-state index contributed by atoms with van der Waals surface area (Å²) in [6.45, 7) is 7.39. The van der Waals surface area contributed by atoms with Crippen LogP contribution in [-0.2, 0) is 13.0 Å². The Bertz CT molecular complexity index is 684. The van der Waals surface area contributed by atoms with Crippen LogP contribution in [0, 0.1) is 6.92 Å². The van der Waals surface area contributed by atoms with Gasteiger partial charge in [-0.15, -0.1) is 0 Å². The first-order chi connectivity index (χ1) is 12.2. The molecule has 1 unspecified atom stereocenters. The number of aromatic nitrogens is 2. The molecule has 2 aromatic rings. The lowest BCUT2D eigenvalue weighted by Gasteiger charge is -2.13. The third kappa shape index (κ3) is 4.98. The molecule has 0 aliphatic carbocycles. The maximum Gasteiger partial charge on any atom is 0.191 e. The monoisotopic (exact) mass is 341 g/mol. The van der Waals surface area contributed by atoms with Crippen molar-refractivity contribution in [2.75, 3.05) is 19.6 Å². The van der Waals surface area contributed by atoms with E-state index in [9.17, 15) is 0 Å². The Morgan fingerprint density at radius 1 is 1.36 bits per heavy atom. The summed E-state index contributed by atoms with van der Waals surface area (Å²) in [5, 5.41) is 11.0. The van der Waals surface area contributed by atoms with Gasteiger partial charge in [0.1, 0.15) is 11.9 Å². The Balaban J connectivity index is 1.43. The Kier molecular flexibility index (Phi) is 5.93. The zero-order valence-corrected chi connectivity index (χ0v) is 15.0. The van der Waals surface area contributed by atoms with Crippen LogP contribution >= 0.6 is 0 Å². The van der Waals surface area contributed by atoms with Gasteiger partial charge in [0.25, 0.3) is 0 Å². The number of para-hydroxylation sites is 1. The molecule has 1 atom stereocenters. The average Bonchev–Trinajstić information content (AvgIpc) is 3.21. The second-order valence-corrected chi connectivity index (χ2v) is 6.33. The van der Waals surface area contributed by atoms with E-state index < -0.39 is 0 Å². The first-order valence-corrected chi connectivity index (χ1v) is 9.00. The lowest BCUT2D eigenvalue weighted by molar-refractivity contribution is 0.241. The minimum Gasteiger partial charge on any atom is -0.488 e. The zero-order chi connectivity index (χ0) is 17.5. The van der Waals surface area contributed by atoms with Crippen molar-refractivity contribution in [1.82, 2.24) is 20.4 Å². The molecule has 1 aromatic carbocycles. The van der Waals surface area contributed by atoms with Crippen LogP contribution in [0.25, 0.3) is 0 Å². The summed E-state index contributed by atoms with van der Waals surface area (Å²) in [5.41, 5.74) is 2.47. The predicted molar refractivity (Wildman–Crippen MR) is 100 cm³/mol. The van der Waals surface area contributed by atoms with E-state index in [0.29, 0.717) is 6.54 Å². The van der Waals surface area contributed by atoms with Gasteiger partial charge >= 0.3 is 0 Å². The summed E-state index contributed by atoms with van der Waals surface area (Å²) < 4.78 is 7.92. The largest absolute Gasteiger partial charge is 0.488 e. The van der Waals surface area contributed by atoms with Crippen LogP contribution in [0.4, 0.5) is 0 Å². The van der Waals surface area contributed by atoms with Gasteiger partial charge in [-0.25, -0.2) is 4.99 Å². The van der Waals surface area contributed by atoms with Crippen molar-refractivity contribution >= 4 is 5.96 Å². The number of nitrogens with zero attached hydrogens (tertiary/aromatic N) is 3. The van der Waals surface area contributed by atoms with Crippen molar-refractivity contribution < 1.29 is 4.74 Å². The van der Waals surface area contributed by atoms with Gasteiger partial charge in [-0.05, 0) is 37.5 Å². The van der Waals surface area contributed by atoms with Crippen molar-refractivity contribution in [2.45, 2.75) is 39.3 Å². The van der Waals surface area contributed by atoms with Gasteiger partial charge in [0.15, 0.2) is 5.96 Å². The highest BCUT2D eigenvalue weighted by Crippen LogP contribution is 2.28. The summed E-state index contributed by atoms with van der Waals surface area (Å²) in [4.78, 5) is 4.67. The van der Waals surface area contributed by atoms with Crippen LogP contribution in [0.2, 0.25) is 0 Å². The maximum atomic E-state index is 5.95. The van der Waals surface area contributed by atoms with Crippen molar-refractivity contribution in [3.8, 4) is 5.75 Å². The molecule has 134 valence electrons. The average molecular weight is 341 g/mol. The van der Waals surface area contributed by atoms with Crippen molar-refractivity contribution in [3.05, 3.63) is 47.8 Å². The number of nitrogens with one attached hydrogen (secondary N) is 2. The van der Waals surface area contributed by atoms with Crippen LogP contribution in [-0.4, -0.2) is 41.5 Å². The van der Waals surface area contributed by atoms with E-state index in [1.165, 1.54) is 11.1 Å². The first-order valence-electron chi connectivity index (χ1n) is 9.00. The fourth-order valence-electron chi connectivity index (χ4n) is 2.93. The molecule has 0 spiro atoms. The molecule has 1 aliphatic rings. The number of rotatable bonds is 7. The fraction of sp³-hybridized carbons (Fsp3) is 0.474. The highest BCUT2D eigenvalue weighted by Gasteiger charge is 2.21. The van der Waals surface area contributed by atoms with Gasteiger partial charge in [0, 0.05) is 32.3 Å². The van der Waals surface area contributed by atoms with Gasteiger partial charge in [-0.2, -0.15) is 5.10 Å². The van der Waals surface area contributed by atoms with Crippen LogP contribution in [0.1, 0.15) is 24.5 Å². The van der Waals surface area contributed by atoms with Crippen molar-refractivity contribution in [3.63, 3.8) is 0 Å². The molecule has 0 fully saturated rings. The Hall–Kier alpha value is -2.50. The smallest absolute Gasteiger partial charge is 0.191 e. The minimum absolute atomic E-state index is 0.125. The molecule has 3 rings (SSSR count). The lowest BCUT2D eigenvalue weighted by atomic mass is 10.1. The number of hydrogen-bond acceptors (Lipinski definition) is 3. The van der Waals surface area contributed by atoms with Gasteiger partial charge in [0.2, 0.25) is 0 Å². The van der Waals surface area contributed by atoms with Gasteiger partial charge in [0.05, 0.1) is 12.7 Å². The number of fused-ring (bicyclic) bond motifs is 1. The minimum atomic E-state index is 0.125. The summed E-state index contributed by atoms with van der Waals surface area (Å²) in [6, 6.07) is 8.22. The molecular formula is C19H27N5O. The SMILES string of the molecule is CCNC(=NCC1Cc2ccccc2O1)NCCCn1cc(C)cn1. The van der Waals surface area contributed by atoms with Gasteiger partial charge in [-0.1, -0.05) is 18.2 Å². The maximum absolute atomic E-state index is 5.95. The highest BCUT2D eigenvalue weighted by molar-refractivity contribution is 5.79. The van der Waals surface area contributed by atoms with Crippen LogP contribution < -0.4 is 15.4 Å². The molecule has 2 heterocycles. The molecular weight excluding hydrogens is 314 g/mol. The summed E-state index contributed by atoms with van der Waals surface area (Å²) in [5.74, 6) is 1.84. The quantitative estimate of drug-likeness (QED) is 0.460. The molecule has 6 nitrogen and oxygen atoms in total. The van der Waals surface area contributed by atoms with E-state index >= 15 is 0 Å². The Morgan fingerprint density at radius 3 is 3.00 bits per heavy atom. The van der Waals surface area contributed by atoms with Crippen molar-refractivity contribution in [1.29, 1.82) is 0 Å². The van der Waals surface area contributed by atoms with E-state index in [1.807, 2.05) is 23.0 Å². The van der Waals surface area contributed by atoms with Crippen LogP contribution in [0.5, 0.6) is 5.75 Å². The first kappa shape index (κ1) is 17.3. The summed E-state index contributed by atoms with van der Waals surface area (Å²) >= 11 is 0. The van der Waals surface area contributed by atoms with E-state index in [4.69, 9.17) is 4.74 Å². The zero-order valence-electron chi connectivity index (χ0n) is 15.0. The number of guanidine groups is 1. The highest BCUT2D eigenvalue weighted by atomic mass is 16.5. The van der Waals surface area contributed by atoms with E-state index in [2.05, 4.69) is 52.9 Å². The number of hydrogen-bond donors (Lipinski definition) is 2. The molecule has 2 N–H and O–H groups in total. The number of benzene rings is 1. The molecule has 25 heavy (non-hydrogen) atoms. The molecule has 1 aromatic heterocycles. The third-order valence-electron chi connectivity index (χ3n) is 4.13. The second kappa shape index (κ2) is 8.55. The molecule has 0 bridgehead atoms. The molecule has 0 amide bonds. The van der Waals surface area contributed by atoms with E-state index in [0.717, 1.165) is 44.2 Å². The lowest BCUT2D eigenvalue weighted by Crippen LogP contribution is -2.38. The van der Waals surface area contributed by atoms with Gasteiger partial charge in [-0.3, -0.25) is 4.68 Å². The fourth-order valence-corrected chi connectivity index (χ4v) is 2.93. The predicted octanol–water partition coefficient (Wildman–Crippen LogP) is 2.14. The molecule has 6 heteroatoms. The summed E-state index contributed by atoms with van der Waals surface area (Å²) in [7, 11) is 0. The molecule has 0 saturated carbocycles. The molecule has 1 aliphatic heterocycles. The second-order valence-electron chi connectivity index (χ2n) is 6.33. The number of aryl methyl sites for hydroxylation is 2. The van der Waals surface area contributed by atoms with E-state index in [1.54, 1.807) is 0 Å². The number of ether oxygens (including phenoxy) is 1. The van der Waals surface area contributed by atoms with Crippen LogP contribution in [0.3, 0.4) is 0 Å². The normalized spacial score (nSPS) is 16.4. The van der Waals surface area contributed by atoms with Crippen molar-refractivity contribution in [2.24, 2.45) is 4.99 Å². The topological polar surface area (TPSA) is 63.5 Å².